The third-order valence-corrected chi connectivity index (χ3v) is 3.62. The normalized spacial score (nSPS) is 13.1. The van der Waals surface area contributed by atoms with Gasteiger partial charge in [-0.25, -0.2) is 0 Å². The van der Waals surface area contributed by atoms with Gasteiger partial charge in [0.05, 0.1) is 11.3 Å². The minimum absolute atomic E-state index is 0.0950. The molecule has 1 rings (SSSR count). The van der Waals surface area contributed by atoms with E-state index in [9.17, 15) is 18.0 Å². The molecular formula is C13H17F3N2OS. The first-order valence-electron chi connectivity index (χ1n) is 6.07. The van der Waals surface area contributed by atoms with E-state index in [2.05, 4.69) is 10.6 Å². The Hall–Kier alpha value is -1.21. The monoisotopic (exact) mass is 306 g/mol. The number of alkyl halides is 3. The molecule has 1 aromatic carbocycles. The molecule has 112 valence electrons. The van der Waals surface area contributed by atoms with Crippen LogP contribution in [0.4, 0.5) is 13.2 Å². The van der Waals surface area contributed by atoms with Gasteiger partial charge in [0.1, 0.15) is 0 Å². The van der Waals surface area contributed by atoms with Crippen molar-refractivity contribution in [3.05, 3.63) is 29.8 Å². The number of amides is 1. The van der Waals surface area contributed by atoms with Crippen LogP contribution < -0.4 is 10.6 Å². The highest BCUT2D eigenvalue weighted by Gasteiger charge is 2.30. The van der Waals surface area contributed by atoms with Crippen LogP contribution in [0.2, 0.25) is 0 Å². The molecule has 0 radical (unpaired) electrons. The molecule has 0 heterocycles. The van der Waals surface area contributed by atoms with Gasteiger partial charge in [0.2, 0.25) is 5.91 Å². The molecule has 0 aromatic heterocycles. The molecule has 2 N–H and O–H groups in total. The topological polar surface area (TPSA) is 41.1 Å². The Kier molecular flexibility index (Phi) is 6.35. The van der Waals surface area contributed by atoms with Crippen LogP contribution in [0.3, 0.4) is 0 Å². The van der Waals surface area contributed by atoms with Crippen molar-refractivity contribution in [3.8, 4) is 0 Å². The summed E-state index contributed by atoms with van der Waals surface area (Å²) in [6.07, 6.45) is -4.36. The first-order valence-corrected chi connectivity index (χ1v) is 7.05. The van der Waals surface area contributed by atoms with Gasteiger partial charge >= 0.3 is 6.18 Å². The predicted molar refractivity (Wildman–Crippen MR) is 73.7 cm³/mol. The van der Waals surface area contributed by atoms with Crippen LogP contribution in [-0.2, 0) is 11.0 Å². The lowest BCUT2D eigenvalue weighted by molar-refractivity contribution is -0.137. The third-order valence-electron chi connectivity index (χ3n) is 2.63. The van der Waals surface area contributed by atoms with Crippen LogP contribution in [-0.4, -0.2) is 31.3 Å². The third kappa shape index (κ3) is 5.83. The highest BCUT2D eigenvalue weighted by atomic mass is 32.2. The highest BCUT2D eigenvalue weighted by molar-refractivity contribution is 8.00. The van der Waals surface area contributed by atoms with Crippen molar-refractivity contribution < 1.29 is 18.0 Å². The van der Waals surface area contributed by atoms with Crippen molar-refractivity contribution in [1.29, 1.82) is 0 Å². The summed E-state index contributed by atoms with van der Waals surface area (Å²) in [4.78, 5) is 12.0. The summed E-state index contributed by atoms with van der Waals surface area (Å²) < 4.78 is 37.6. The van der Waals surface area contributed by atoms with Crippen molar-refractivity contribution in [2.45, 2.75) is 24.0 Å². The first kappa shape index (κ1) is 16.8. The van der Waals surface area contributed by atoms with E-state index in [1.165, 1.54) is 6.07 Å². The standard InChI is InChI=1S/C13H17F3N2OS/c1-9(17-2)7-18-12(19)8-20-11-5-3-4-10(6-11)13(14,15)16/h3-6,9,17H,7-8H2,1-2H3,(H,18,19). The Morgan fingerprint density at radius 2 is 2.10 bits per heavy atom. The Labute approximate surface area is 120 Å². The Balaban J connectivity index is 2.48. The van der Waals surface area contributed by atoms with Crippen LogP contribution in [0.1, 0.15) is 12.5 Å². The number of carbonyl (C=O) groups excluding carboxylic acids is 1. The predicted octanol–water partition coefficient (Wildman–Crippen LogP) is 2.52. The lowest BCUT2D eigenvalue weighted by Crippen LogP contribution is -2.37. The first-order chi connectivity index (χ1) is 9.32. The van der Waals surface area contributed by atoms with E-state index in [-0.39, 0.29) is 17.7 Å². The smallest absolute Gasteiger partial charge is 0.354 e. The average Bonchev–Trinajstić information content (AvgIpc) is 2.41. The van der Waals surface area contributed by atoms with Crippen molar-refractivity contribution in [2.24, 2.45) is 0 Å². The molecule has 1 unspecified atom stereocenters. The van der Waals surface area contributed by atoms with Gasteiger partial charge in [0.25, 0.3) is 0 Å². The maximum atomic E-state index is 12.5. The average molecular weight is 306 g/mol. The van der Waals surface area contributed by atoms with Crippen LogP contribution in [0.5, 0.6) is 0 Å². The van der Waals surface area contributed by atoms with Gasteiger partial charge in [-0.2, -0.15) is 13.2 Å². The molecule has 3 nitrogen and oxygen atoms in total. The van der Waals surface area contributed by atoms with E-state index in [0.717, 1.165) is 23.9 Å². The number of nitrogens with one attached hydrogen (secondary N) is 2. The molecule has 0 saturated carbocycles. The molecule has 20 heavy (non-hydrogen) atoms. The zero-order valence-electron chi connectivity index (χ0n) is 11.3. The Morgan fingerprint density at radius 3 is 2.70 bits per heavy atom. The highest BCUT2D eigenvalue weighted by Crippen LogP contribution is 2.31. The number of halogens is 3. The largest absolute Gasteiger partial charge is 0.416 e. The molecule has 0 saturated heterocycles. The molecule has 0 aliphatic carbocycles. The number of carbonyl (C=O) groups is 1. The second kappa shape index (κ2) is 7.54. The van der Waals surface area contributed by atoms with Gasteiger partial charge in [-0.15, -0.1) is 11.8 Å². The summed E-state index contributed by atoms with van der Waals surface area (Å²) >= 11 is 1.09. The number of rotatable bonds is 6. The van der Waals surface area contributed by atoms with Crippen LogP contribution >= 0.6 is 11.8 Å². The fourth-order valence-corrected chi connectivity index (χ4v) is 2.12. The molecule has 7 heteroatoms. The van der Waals surface area contributed by atoms with Crippen LogP contribution in [0.25, 0.3) is 0 Å². The van der Waals surface area contributed by atoms with Gasteiger partial charge in [-0.3, -0.25) is 4.79 Å². The van der Waals surface area contributed by atoms with Gasteiger partial charge in [-0.1, -0.05) is 6.07 Å². The quantitative estimate of drug-likeness (QED) is 0.794. The number of thioether (sulfide) groups is 1. The summed E-state index contributed by atoms with van der Waals surface area (Å²) in [6.45, 7) is 2.40. The summed E-state index contributed by atoms with van der Waals surface area (Å²) in [5, 5.41) is 5.68. The Morgan fingerprint density at radius 1 is 1.40 bits per heavy atom. The van der Waals surface area contributed by atoms with Crippen LogP contribution in [0.15, 0.2) is 29.2 Å². The van der Waals surface area contributed by atoms with E-state index in [1.54, 1.807) is 13.1 Å². The van der Waals surface area contributed by atoms with Crippen molar-refractivity contribution in [2.75, 3.05) is 19.3 Å². The minimum Gasteiger partial charge on any atom is -0.354 e. The van der Waals surface area contributed by atoms with E-state index in [0.29, 0.717) is 11.4 Å². The molecule has 0 aliphatic rings. The van der Waals surface area contributed by atoms with E-state index in [4.69, 9.17) is 0 Å². The molecule has 0 bridgehead atoms. The van der Waals surface area contributed by atoms with Gasteiger partial charge in [-0.05, 0) is 32.2 Å². The van der Waals surface area contributed by atoms with Gasteiger partial charge in [0.15, 0.2) is 0 Å². The number of hydrogen-bond acceptors (Lipinski definition) is 3. The molecule has 1 atom stereocenters. The summed E-state index contributed by atoms with van der Waals surface area (Å²) in [5.41, 5.74) is -0.702. The summed E-state index contributed by atoms with van der Waals surface area (Å²) in [5.74, 6) is -0.105. The van der Waals surface area contributed by atoms with E-state index >= 15 is 0 Å². The Bertz CT molecular complexity index is 451. The lowest BCUT2D eigenvalue weighted by Gasteiger charge is -2.11. The maximum absolute atomic E-state index is 12.5. The minimum atomic E-state index is -4.36. The van der Waals surface area contributed by atoms with Crippen molar-refractivity contribution in [1.82, 2.24) is 10.6 Å². The second-order valence-electron chi connectivity index (χ2n) is 4.31. The number of likely N-dealkylation sites (N-methyl/N-ethyl adjacent to an activating group) is 1. The second-order valence-corrected chi connectivity index (χ2v) is 5.36. The number of benzene rings is 1. The molecule has 0 aliphatic heterocycles. The molecule has 1 amide bonds. The summed E-state index contributed by atoms with van der Waals surface area (Å²) in [7, 11) is 1.79. The van der Waals surface area contributed by atoms with E-state index in [1.807, 2.05) is 6.92 Å². The zero-order chi connectivity index (χ0) is 15.2. The summed E-state index contributed by atoms with van der Waals surface area (Å²) in [6, 6.07) is 5.11. The van der Waals surface area contributed by atoms with E-state index < -0.39 is 11.7 Å². The fraction of sp³-hybridized carbons (Fsp3) is 0.462. The maximum Gasteiger partial charge on any atom is 0.416 e. The van der Waals surface area contributed by atoms with Crippen molar-refractivity contribution in [3.63, 3.8) is 0 Å². The van der Waals surface area contributed by atoms with Crippen LogP contribution in [0, 0.1) is 0 Å². The van der Waals surface area contributed by atoms with Gasteiger partial charge in [0, 0.05) is 17.5 Å². The molecular weight excluding hydrogens is 289 g/mol. The molecule has 1 aromatic rings. The van der Waals surface area contributed by atoms with Crippen molar-refractivity contribution >= 4 is 17.7 Å². The fourth-order valence-electron chi connectivity index (χ4n) is 1.33. The molecule has 0 fully saturated rings. The lowest BCUT2D eigenvalue weighted by atomic mass is 10.2. The SMILES string of the molecule is CNC(C)CNC(=O)CSc1cccc(C(F)(F)F)c1. The zero-order valence-corrected chi connectivity index (χ0v) is 12.1. The molecule has 0 spiro atoms. The van der Waals surface area contributed by atoms with Gasteiger partial charge < -0.3 is 10.6 Å². The number of hydrogen-bond donors (Lipinski definition) is 2.